The van der Waals surface area contributed by atoms with Crippen LogP contribution in [0.5, 0.6) is 0 Å². The topological polar surface area (TPSA) is 90.2 Å². The van der Waals surface area contributed by atoms with Gasteiger partial charge in [-0.15, -0.1) is 0 Å². The number of benzene rings is 1. The fourth-order valence-electron chi connectivity index (χ4n) is 4.49. The predicted molar refractivity (Wildman–Crippen MR) is 103 cm³/mol. The fourth-order valence-corrected chi connectivity index (χ4v) is 4.49. The third-order valence-electron chi connectivity index (χ3n) is 6.09. The van der Waals surface area contributed by atoms with E-state index in [0.29, 0.717) is 18.1 Å². The number of rotatable bonds is 3. The minimum Gasteiger partial charge on any atom is -0.383 e. The number of aryl methyl sites for hydroxylation is 1. The highest BCUT2D eigenvalue weighted by Crippen LogP contribution is 2.30. The van der Waals surface area contributed by atoms with Gasteiger partial charge < -0.3 is 16.4 Å². The Balaban J connectivity index is 1.53. The van der Waals surface area contributed by atoms with Gasteiger partial charge in [-0.2, -0.15) is 4.98 Å². The first-order chi connectivity index (χ1) is 12.5. The van der Waals surface area contributed by atoms with Crippen LogP contribution in [0.4, 0.5) is 5.82 Å². The van der Waals surface area contributed by atoms with Gasteiger partial charge in [0.1, 0.15) is 5.82 Å². The van der Waals surface area contributed by atoms with Gasteiger partial charge in [-0.1, -0.05) is 6.07 Å². The number of nitrogen functional groups attached to an aromatic ring is 1. The second kappa shape index (κ2) is 6.85. The normalized spacial score (nSPS) is 25.4. The lowest BCUT2D eigenvalue weighted by molar-refractivity contribution is 0.159. The first kappa shape index (κ1) is 17.2. The van der Waals surface area contributed by atoms with Crippen molar-refractivity contribution in [2.24, 2.45) is 5.73 Å². The number of aromatic nitrogens is 2. The molecule has 0 bridgehead atoms. The zero-order valence-corrected chi connectivity index (χ0v) is 15.3. The Hall–Kier alpha value is -2.18. The van der Waals surface area contributed by atoms with E-state index in [-0.39, 0.29) is 11.5 Å². The van der Waals surface area contributed by atoms with Crippen LogP contribution in [0.3, 0.4) is 0 Å². The van der Waals surface area contributed by atoms with Crippen LogP contribution in [0.1, 0.15) is 36.8 Å². The fraction of sp³-hybridized carbons (Fsp3) is 0.500. The maximum Gasteiger partial charge on any atom is 0.354 e. The number of likely N-dealkylation sites (N-methyl/N-ethyl adjacent to an activating group) is 1. The molecule has 0 radical (unpaired) electrons. The summed E-state index contributed by atoms with van der Waals surface area (Å²) in [5.74, 6) is 0.252. The Labute approximate surface area is 153 Å². The van der Waals surface area contributed by atoms with E-state index in [0.717, 1.165) is 37.8 Å². The van der Waals surface area contributed by atoms with Crippen molar-refractivity contribution in [3.8, 4) is 5.69 Å². The molecule has 1 aromatic carbocycles. The minimum atomic E-state index is -0.337. The third kappa shape index (κ3) is 3.27. The Bertz CT molecular complexity index is 862. The molecular formula is C20H27N5O. The smallest absolute Gasteiger partial charge is 0.354 e. The molecule has 1 aromatic heterocycles. The van der Waals surface area contributed by atoms with E-state index in [4.69, 9.17) is 11.5 Å². The van der Waals surface area contributed by atoms with Crippen molar-refractivity contribution in [2.75, 3.05) is 12.8 Å². The number of nitrogens with zero attached hydrogens (tertiary/aromatic N) is 3. The summed E-state index contributed by atoms with van der Waals surface area (Å²) in [5.41, 5.74) is 14.9. The summed E-state index contributed by atoms with van der Waals surface area (Å²) in [7, 11) is 2.26. The average Bonchev–Trinajstić information content (AvgIpc) is 3.06. The van der Waals surface area contributed by atoms with Gasteiger partial charge in [0.05, 0.1) is 5.69 Å². The molecule has 0 spiro atoms. The Morgan fingerprint density at radius 3 is 2.73 bits per heavy atom. The third-order valence-corrected chi connectivity index (χ3v) is 6.09. The molecule has 2 aromatic rings. The van der Waals surface area contributed by atoms with Gasteiger partial charge >= 0.3 is 5.69 Å². The van der Waals surface area contributed by atoms with Crippen LogP contribution in [0.2, 0.25) is 0 Å². The molecule has 2 aliphatic carbocycles. The van der Waals surface area contributed by atoms with Gasteiger partial charge in [-0.3, -0.25) is 4.57 Å². The Morgan fingerprint density at radius 1 is 1.15 bits per heavy atom. The molecule has 6 nitrogen and oxygen atoms in total. The van der Waals surface area contributed by atoms with E-state index in [2.05, 4.69) is 29.1 Å². The molecule has 26 heavy (non-hydrogen) atoms. The van der Waals surface area contributed by atoms with E-state index in [1.807, 2.05) is 6.07 Å². The number of hydrogen-bond acceptors (Lipinski definition) is 5. The van der Waals surface area contributed by atoms with Crippen LogP contribution in [-0.4, -0.2) is 39.6 Å². The molecular weight excluding hydrogens is 326 g/mol. The molecule has 6 heteroatoms. The Morgan fingerprint density at radius 2 is 2.00 bits per heavy atom. The van der Waals surface area contributed by atoms with Crippen molar-refractivity contribution in [1.29, 1.82) is 0 Å². The molecule has 1 saturated carbocycles. The maximum atomic E-state index is 12.1. The number of anilines is 1. The van der Waals surface area contributed by atoms with Crippen molar-refractivity contribution in [2.45, 2.75) is 56.7 Å². The van der Waals surface area contributed by atoms with Crippen LogP contribution >= 0.6 is 0 Å². The molecule has 0 aliphatic heterocycles. The Kier molecular flexibility index (Phi) is 4.54. The van der Waals surface area contributed by atoms with Gasteiger partial charge in [0.2, 0.25) is 0 Å². The van der Waals surface area contributed by atoms with E-state index in [9.17, 15) is 4.79 Å². The van der Waals surface area contributed by atoms with Crippen molar-refractivity contribution >= 4 is 5.82 Å². The van der Waals surface area contributed by atoms with Crippen molar-refractivity contribution in [3.63, 3.8) is 0 Å². The highest BCUT2D eigenvalue weighted by atomic mass is 16.1. The largest absolute Gasteiger partial charge is 0.383 e. The second-order valence-corrected chi connectivity index (χ2v) is 7.75. The standard InChI is InChI=1S/C20H27N5O/c1-24(17-7-4-15(21)12-17)16-5-2-14-11-18(6-3-13(14)10-16)25-9-8-19(22)23-20(25)26/h3,6,8-9,11,15-17H,2,4-5,7,10,12,21H2,1H3,(H2,22,23,26)/t15-,16?,17-/m0/s1. The van der Waals surface area contributed by atoms with Crippen LogP contribution in [0, 0.1) is 0 Å². The number of hydrogen-bond donors (Lipinski definition) is 2. The average molecular weight is 353 g/mol. The highest BCUT2D eigenvalue weighted by Gasteiger charge is 2.31. The monoisotopic (exact) mass is 353 g/mol. The maximum absolute atomic E-state index is 12.1. The lowest BCUT2D eigenvalue weighted by atomic mass is 9.86. The zero-order chi connectivity index (χ0) is 18.3. The second-order valence-electron chi connectivity index (χ2n) is 7.75. The summed E-state index contributed by atoms with van der Waals surface area (Å²) >= 11 is 0. The SMILES string of the molecule is CN(C1CCc2cc(-n3ccc(N)nc3=O)ccc2C1)[C@H]1CC[C@H](N)C1. The molecule has 138 valence electrons. The van der Waals surface area contributed by atoms with Crippen molar-refractivity contribution < 1.29 is 0 Å². The molecule has 0 amide bonds. The quantitative estimate of drug-likeness (QED) is 0.872. The summed E-state index contributed by atoms with van der Waals surface area (Å²) in [4.78, 5) is 18.4. The molecule has 4 rings (SSSR count). The molecule has 1 fully saturated rings. The van der Waals surface area contributed by atoms with E-state index in [1.54, 1.807) is 16.8 Å². The minimum absolute atomic E-state index is 0.252. The summed E-state index contributed by atoms with van der Waals surface area (Å²) in [6, 6.07) is 9.50. The summed E-state index contributed by atoms with van der Waals surface area (Å²) < 4.78 is 1.55. The highest BCUT2D eigenvalue weighted by molar-refractivity contribution is 5.43. The predicted octanol–water partition coefficient (Wildman–Crippen LogP) is 1.48. The molecule has 1 heterocycles. The number of fused-ring (bicyclic) bond motifs is 1. The van der Waals surface area contributed by atoms with Gasteiger partial charge in [0.25, 0.3) is 0 Å². The van der Waals surface area contributed by atoms with Gasteiger partial charge in [-0.25, -0.2) is 4.79 Å². The summed E-state index contributed by atoms with van der Waals surface area (Å²) in [6.45, 7) is 0. The molecule has 4 N–H and O–H groups in total. The van der Waals surface area contributed by atoms with Crippen molar-refractivity contribution in [3.05, 3.63) is 52.1 Å². The zero-order valence-electron chi connectivity index (χ0n) is 15.3. The van der Waals surface area contributed by atoms with Crippen LogP contribution in [-0.2, 0) is 12.8 Å². The van der Waals surface area contributed by atoms with Gasteiger partial charge in [0.15, 0.2) is 0 Å². The molecule has 1 unspecified atom stereocenters. The van der Waals surface area contributed by atoms with Crippen LogP contribution < -0.4 is 17.2 Å². The van der Waals surface area contributed by atoms with E-state index in [1.165, 1.54) is 17.5 Å². The number of nitrogens with two attached hydrogens (primary N) is 2. The summed E-state index contributed by atoms with van der Waals surface area (Å²) in [6.07, 6.45) is 8.41. The lowest BCUT2D eigenvalue weighted by Gasteiger charge is -2.36. The van der Waals surface area contributed by atoms with Gasteiger partial charge in [0, 0.05) is 24.3 Å². The molecule has 2 aliphatic rings. The summed E-state index contributed by atoms with van der Waals surface area (Å²) in [5, 5.41) is 0. The van der Waals surface area contributed by atoms with E-state index >= 15 is 0 Å². The van der Waals surface area contributed by atoms with Crippen LogP contribution in [0.25, 0.3) is 5.69 Å². The van der Waals surface area contributed by atoms with Crippen molar-refractivity contribution in [1.82, 2.24) is 14.5 Å². The first-order valence-electron chi connectivity index (χ1n) is 9.46. The van der Waals surface area contributed by atoms with Gasteiger partial charge in [-0.05, 0) is 74.9 Å². The van der Waals surface area contributed by atoms with E-state index < -0.39 is 0 Å². The van der Waals surface area contributed by atoms with Crippen LogP contribution in [0.15, 0.2) is 35.3 Å². The lowest BCUT2D eigenvalue weighted by Crippen LogP contribution is -2.42. The molecule has 0 saturated heterocycles. The first-order valence-corrected chi connectivity index (χ1v) is 9.46. The molecule has 3 atom stereocenters.